The number of aromatic nitrogens is 2. The molecule has 2 aromatic rings. The van der Waals surface area contributed by atoms with Crippen LogP contribution in [0.5, 0.6) is 0 Å². The van der Waals surface area contributed by atoms with Gasteiger partial charge in [-0.2, -0.15) is 0 Å². The third-order valence-electron chi connectivity index (χ3n) is 2.77. The molecule has 6 heteroatoms. The average molecular weight is 324 g/mol. The fourth-order valence-corrected chi connectivity index (χ4v) is 1.91. The third kappa shape index (κ3) is 2.85. The van der Waals surface area contributed by atoms with Crippen LogP contribution in [0.25, 0.3) is 11.3 Å². The van der Waals surface area contributed by atoms with Crippen LogP contribution >= 0.6 is 15.9 Å². The smallest absolute Gasteiger partial charge is 0.313 e. The normalized spacial score (nSPS) is 10.5. The zero-order valence-corrected chi connectivity index (χ0v) is 12.5. The van der Waals surface area contributed by atoms with E-state index in [2.05, 4.69) is 20.9 Å². The largest absolute Gasteiger partial charge is 0.329 e. The van der Waals surface area contributed by atoms with E-state index >= 15 is 0 Å². The minimum absolute atomic E-state index is 0.284. The lowest BCUT2D eigenvalue weighted by molar-refractivity contribution is -0.0766. The predicted octanol–water partition coefficient (Wildman–Crippen LogP) is 2.48. The van der Waals surface area contributed by atoms with E-state index in [0.717, 1.165) is 20.8 Å². The van der Waals surface area contributed by atoms with E-state index in [9.17, 15) is 4.79 Å². The number of imidazole rings is 1. The number of hydroxylamine groups is 2. The van der Waals surface area contributed by atoms with Gasteiger partial charge < -0.3 is 4.57 Å². The molecular formula is C13H14BrN3O2. The van der Waals surface area contributed by atoms with E-state index in [4.69, 9.17) is 4.84 Å². The first kappa shape index (κ1) is 13.8. The molecule has 1 amide bonds. The SMILES string of the molecule is CON(C)C(=O)c1nc(-c2ccc(Br)cc2)cn1C. The van der Waals surface area contributed by atoms with Gasteiger partial charge >= 0.3 is 5.91 Å². The molecule has 0 aliphatic carbocycles. The summed E-state index contributed by atoms with van der Waals surface area (Å²) in [6.07, 6.45) is 1.82. The van der Waals surface area contributed by atoms with E-state index in [0.29, 0.717) is 5.82 Å². The van der Waals surface area contributed by atoms with Crippen LogP contribution in [0.3, 0.4) is 0 Å². The maximum Gasteiger partial charge on any atom is 0.313 e. The highest BCUT2D eigenvalue weighted by Crippen LogP contribution is 2.21. The van der Waals surface area contributed by atoms with E-state index in [1.807, 2.05) is 30.5 Å². The molecule has 0 aliphatic rings. The molecule has 1 aromatic heterocycles. The second kappa shape index (κ2) is 5.54. The molecule has 2 rings (SSSR count). The summed E-state index contributed by atoms with van der Waals surface area (Å²) in [5.74, 6) is 0.0515. The van der Waals surface area contributed by atoms with Gasteiger partial charge in [0.05, 0.1) is 12.8 Å². The van der Waals surface area contributed by atoms with Crippen molar-refractivity contribution in [2.24, 2.45) is 7.05 Å². The third-order valence-corrected chi connectivity index (χ3v) is 3.30. The highest BCUT2D eigenvalue weighted by Gasteiger charge is 2.18. The van der Waals surface area contributed by atoms with Gasteiger partial charge in [-0.3, -0.25) is 9.63 Å². The Hall–Kier alpha value is -1.66. The summed E-state index contributed by atoms with van der Waals surface area (Å²) in [4.78, 5) is 21.2. The summed E-state index contributed by atoms with van der Waals surface area (Å²) in [6.45, 7) is 0. The molecule has 0 bridgehead atoms. The van der Waals surface area contributed by atoms with Crippen LogP contribution in [0.4, 0.5) is 0 Å². The number of halogens is 1. The number of amides is 1. The number of aryl methyl sites for hydroxylation is 1. The Morgan fingerprint density at radius 3 is 2.58 bits per heavy atom. The molecule has 5 nitrogen and oxygen atoms in total. The van der Waals surface area contributed by atoms with Gasteiger partial charge in [-0.05, 0) is 12.1 Å². The average Bonchev–Trinajstić information content (AvgIpc) is 2.80. The topological polar surface area (TPSA) is 47.4 Å². The molecule has 0 atom stereocenters. The Balaban J connectivity index is 2.36. The van der Waals surface area contributed by atoms with Crippen molar-refractivity contribution in [1.29, 1.82) is 0 Å². The quantitative estimate of drug-likeness (QED) is 0.815. The minimum atomic E-state index is -0.284. The molecule has 1 aromatic carbocycles. The molecule has 0 saturated carbocycles. The summed E-state index contributed by atoms with van der Waals surface area (Å²) < 4.78 is 2.69. The number of hydrogen-bond donors (Lipinski definition) is 0. The van der Waals surface area contributed by atoms with Crippen molar-refractivity contribution in [1.82, 2.24) is 14.6 Å². The molecule has 0 fully saturated rings. The second-order valence-electron chi connectivity index (χ2n) is 4.05. The lowest BCUT2D eigenvalue weighted by atomic mass is 10.2. The second-order valence-corrected chi connectivity index (χ2v) is 4.97. The van der Waals surface area contributed by atoms with Crippen LogP contribution < -0.4 is 0 Å². The van der Waals surface area contributed by atoms with Crippen molar-refractivity contribution in [3.63, 3.8) is 0 Å². The Kier molecular flexibility index (Phi) is 4.01. The van der Waals surface area contributed by atoms with Crippen molar-refractivity contribution in [3.05, 3.63) is 40.8 Å². The predicted molar refractivity (Wildman–Crippen MR) is 75.4 cm³/mol. The molecule has 0 N–H and O–H groups in total. The Labute approximate surface area is 119 Å². The zero-order valence-electron chi connectivity index (χ0n) is 10.9. The van der Waals surface area contributed by atoms with Crippen LogP contribution in [0, 0.1) is 0 Å². The summed E-state index contributed by atoms with van der Waals surface area (Å²) in [7, 11) is 4.78. The lowest BCUT2D eigenvalue weighted by Crippen LogP contribution is -2.27. The van der Waals surface area contributed by atoms with Crippen LogP contribution in [0.2, 0.25) is 0 Å². The Bertz CT molecular complexity index is 592. The first-order valence-corrected chi connectivity index (χ1v) is 6.43. The number of hydrogen-bond acceptors (Lipinski definition) is 3. The van der Waals surface area contributed by atoms with Gasteiger partial charge in [-0.15, -0.1) is 0 Å². The van der Waals surface area contributed by atoms with Gasteiger partial charge in [0.15, 0.2) is 0 Å². The summed E-state index contributed by atoms with van der Waals surface area (Å²) in [5, 5.41) is 1.15. The molecule has 0 spiro atoms. The van der Waals surface area contributed by atoms with Gasteiger partial charge in [0, 0.05) is 30.3 Å². The maximum absolute atomic E-state index is 12.0. The highest BCUT2D eigenvalue weighted by molar-refractivity contribution is 9.10. The van der Waals surface area contributed by atoms with Gasteiger partial charge in [0.2, 0.25) is 5.82 Å². The standard InChI is InChI=1S/C13H14BrN3O2/c1-16-8-11(9-4-6-10(14)7-5-9)15-12(16)13(18)17(2)19-3/h4-8H,1-3H3. The Morgan fingerprint density at radius 2 is 2.00 bits per heavy atom. The van der Waals surface area contributed by atoms with E-state index < -0.39 is 0 Å². The molecule has 0 saturated heterocycles. The molecule has 0 radical (unpaired) electrons. The van der Waals surface area contributed by atoms with Crippen molar-refractivity contribution in [2.75, 3.05) is 14.2 Å². The number of benzene rings is 1. The monoisotopic (exact) mass is 323 g/mol. The van der Waals surface area contributed by atoms with Gasteiger partial charge in [0.25, 0.3) is 0 Å². The lowest BCUT2D eigenvalue weighted by Gasteiger charge is -2.12. The first-order chi connectivity index (χ1) is 9.02. The van der Waals surface area contributed by atoms with Gasteiger partial charge in [-0.25, -0.2) is 10.0 Å². The van der Waals surface area contributed by atoms with Gasteiger partial charge in [-0.1, -0.05) is 28.1 Å². The van der Waals surface area contributed by atoms with Crippen molar-refractivity contribution in [2.45, 2.75) is 0 Å². The summed E-state index contributed by atoms with van der Waals surface area (Å²) >= 11 is 3.39. The van der Waals surface area contributed by atoms with Crippen molar-refractivity contribution < 1.29 is 9.63 Å². The van der Waals surface area contributed by atoms with Crippen LogP contribution in [-0.2, 0) is 11.9 Å². The number of carbonyl (C=O) groups is 1. The Morgan fingerprint density at radius 1 is 1.37 bits per heavy atom. The number of nitrogens with zero attached hydrogens (tertiary/aromatic N) is 3. The number of carbonyl (C=O) groups excluding carboxylic acids is 1. The van der Waals surface area contributed by atoms with Crippen LogP contribution in [0.1, 0.15) is 10.6 Å². The molecular weight excluding hydrogens is 310 g/mol. The van der Waals surface area contributed by atoms with Gasteiger partial charge in [0.1, 0.15) is 0 Å². The van der Waals surface area contributed by atoms with E-state index in [1.165, 1.54) is 7.11 Å². The van der Waals surface area contributed by atoms with Crippen molar-refractivity contribution in [3.8, 4) is 11.3 Å². The van der Waals surface area contributed by atoms with E-state index in [1.54, 1.807) is 18.7 Å². The van der Waals surface area contributed by atoms with Crippen molar-refractivity contribution >= 4 is 21.8 Å². The first-order valence-electron chi connectivity index (χ1n) is 5.64. The highest BCUT2D eigenvalue weighted by atomic mass is 79.9. The molecule has 19 heavy (non-hydrogen) atoms. The van der Waals surface area contributed by atoms with Crippen LogP contribution in [0.15, 0.2) is 34.9 Å². The minimum Gasteiger partial charge on any atom is -0.329 e. The molecule has 1 heterocycles. The van der Waals surface area contributed by atoms with Crippen LogP contribution in [-0.4, -0.2) is 34.7 Å². The summed E-state index contributed by atoms with van der Waals surface area (Å²) in [5.41, 5.74) is 1.71. The fraction of sp³-hybridized carbons (Fsp3) is 0.231. The fourth-order valence-electron chi connectivity index (χ4n) is 1.65. The molecule has 0 aliphatic heterocycles. The summed E-state index contributed by atoms with van der Waals surface area (Å²) in [6, 6.07) is 7.76. The maximum atomic E-state index is 12.0. The van der Waals surface area contributed by atoms with E-state index in [-0.39, 0.29) is 5.91 Å². The zero-order chi connectivity index (χ0) is 14.0. The molecule has 0 unspecified atom stereocenters. The molecule has 100 valence electrons. The number of rotatable bonds is 3.